The molecule has 1 heterocycles. The first-order valence-corrected chi connectivity index (χ1v) is 8.92. The van der Waals surface area contributed by atoms with Gasteiger partial charge in [0.2, 0.25) is 0 Å². The van der Waals surface area contributed by atoms with E-state index in [4.69, 9.17) is 4.74 Å². The molecule has 14 heavy (non-hydrogen) atoms. The van der Waals surface area contributed by atoms with Crippen molar-refractivity contribution in [1.29, 1.82) is 0 Å². The molecule has 1 saturated heterocycles. The average Bonchev–Trinajstić information content (AvgIpc) is 2.32. The minimum atomic E-state index is -1.07. The van der Waals surface area contributed by atoms with E-state index < -0.39 is 8.07 Å². The molecule has 1 atom stereocenters. The lowest BCUT2D eigenvalue weighted by Crippen LogP contribution is -2.21. The fourth-order valence-electron chi connectivity index (χ4n) is 1.89. The van der Waals surface area contributed by atoms with Gasteiger partial charge in [0, 0.05) is 8.07 Å². The number of rotatable bonds is 4. The molecule has 0 aromatic heterocycles. The van der Waals surface area contributed by atoms with Gasteiger partial charge in [-0.1, -0.05) is 25.2 Å². The van der Waals surface area contributed by atoms with Crippen molar-refractivity contribution >= 4 is 14.0 Å². The lowest BCUT2D eigenvalue weighted by Gasteiger charge is -2.18. The minimum absolute atomic E-state index is 0.0262. The summed E-state index contributed by atoms with van der Waals surface area (Å²) >= 11 is 0. The van der Waals surface area contributed by atoms with Crippen LogP contribution >= 0.6 is 0 Å². The van der Waals surface area contributed by atoms with Gasteiger partial charge in [0.25, 0.3) is 0 Å². The summed E-state index contributed by atoms with van der Waals surface area (Å²) in [5.41, 5.74) is 1.23. The summed E-state index contributed by atoms with van der Waals surface area (Å²) in [6.45, 7) is 11.6. The lowest BCUT2D eigenvalue weighted by atomic mass is 10.0. The Morgan fingerprint density at radius 3 is 2.64 bits per heavy atom. The molecule has 1 aliphatic heterocycles. The maximum Gasteiger partial charge on any atom is 0.309 e. The molecule has 0 unspecified atom stereocenters. The van der Waals surface area contributed by atoms with Gasteiger partial charge in [-0.3, -0.25) is 4.79 Å². The highest BCUT2D eigenvalue weighted by Gasteiger charge is 2.27. The van der Waals surface area contributed by atoms with Crippen molar-refractivity contribution < 1.29 is 9.53 Å². The van der Waals surface area contributed by atoms with Crippen LogP contribution < -0.4 is 0 Å². The molecule has 1 fully saturated rings. The maximum absolute atomic E-state index is 11.2. The summed E-state index contributed by atoms with van der Waals surface area (Å²) < 4.78 is 4.93. The van der Waals surface area contributed by atoms with Crippen LogP contribution in [0.5, 0.6) is 0 Å². The van der Waals surface area contributed by atoms with Crippen molar-refractivity contribution in [2.24, 2.45) is 5.92 Å². The zero-order valence-corrected chi connectivity index (χ0v) is 10.4. The standard InChI is InChI=1S/C11H20O2Si/c1-9(8-14(2,3)4)7-10-5-6-13-11(10)12/h10H,1,5-8H2,2-4H3/t10-/m1/s1. The number of cyclic esters (lactones) is 1. The van der Waals surface area contributed by atoms with Gasteiger partial charge in [0.15, 0.2) is 0 Å². The van der Waals surface area contributed by atoms with Gasteiger partial charge in [-0.25, -0.2) is 0 Å². The van der Waals surface area contributed by atoms with Crippen molar-refractivity contribution in [2.45, 2.75) is 38.5 Å². The van der Waals surface area contributed by atoms with Crippen LogP contribution in [0.25, 0.3) is 0 Å². The maximum atomic E-state index is 11.2. The average molecular weight is 212 g/mol. The molecule has 0 bridgehead atoms. The van der Waals surface area contributed by atoms with E-state index in [1.807, 2.05) is 0 Å². The normalized spacial score (nSPS) is 22.2. The van der Waals surface area contributed by atoms with Gasteiger partial charge >= 0.3 is 5.97 Å². The number of carbonyl (C=O) groups is 1. The molecule has 1 rings (SSSR count). The Hall–Kier alpha value is -0.573. The third-order valence-electron chi connectivity index (χ3n) is 2.36. The highest BCUT2D eigenvalue weighted by Crippen LogP contribution is 2.26. The number of allylic oxidation sites excluding steroid dienone is 1. The summed E-state index contributed by atoms with van der Waals surface area (Å²) in [4.78, 5) is 11.2. The van der Waals surface area contributed by atoms with E-state index >= 15 is 0 Å². The molecule has 0 amide bonds. The van der Waals surface area contributed by atoms with E-state index in [0.29, 0.717) is 6.61 Å². The molecule has 0 aromatic carbocycles. The molecule has 1 aliphatic rings. The van der Waals surface area contributed by atoms with Crippen molar-refractivity contribution in [3.05, 3.63) is 12.2 Å². The molecule has 0 spiro atoms. The first-order valence-electron chi connectivity index (χ1n) is 5.22. The van der Waals surface area contributed by atoms with Gasteiger partial charge in [0.05, 0.1) is 12.5 Å². The molecular weight excluding hydrogens is 192 g/mol. The van der Waals surface area contributed by atoms with E-state index in [1.165, 1.54) is 5.57 Å². The number of hydrogen-bond donors (Lipinski definition) is 0. The molecular formula is C11H20O2Si. The molecule has 3 heteroatoms. The number of ether oxygens (including phenoxy) is 1. The van der Waals surface area contributed by atoms with Crippen LogP contribution in [0.2, 0.25) is 25.7 Å². The number of esters is 1. The van der Waals surface area contributed by atoms with Crippen molar-refractivity contribution in [1.82, 2.24) is 0 Å². The second kappa shape index (κ2) is 4.30. The number of carbonyl (C=O) groups excluding carboxylic acids is 1. The van der Waals surface area contributed by atoms with Gasteiger partial charge < -0.3 is 4.74 Å². The van der Waals surface area contributed by atoms with Crippen LogP contribution in [0.4, 0.5) is 0 Å². The predicted octanol–water partition coefficient (Wildman–Crippen LogP) is 2.83. The van der Waals surface area contributed by atoms with Crippen LogP contribution in [0.3, 0.4) is 0 Å². The Morgan fingerprint density at radius 2 is 2.21 bits per heavy atom. The zero-order chi connectivity index (χ0) is 10.8. The molecule has 80 valence electrons. The first kappa shape index (κ1) is 11.5. The van der Waals surface area contributed by atoms with Gasteiger partial charge in [-0.05, 0) is 18.9 Å². The van der Waals surface area contributed by atoms with Crippen LogP contribution in [-0.4, -0.2) is 20.7 Å². The van der Waals surface area contributed by atoms with Crippen LogP contribution in [0.15, 0.2) is 12.2 Å². The third-order valence-corrected chi connectivity index (χ3v) is 3.92. The summed E-state index contributed by atoms with van der Waals surface area (Å²) in [5, 5.41) is 0. The summed E-state index contributed by atoms with van der Waals surface area (Å²) in [7, 11) is -1.07. The van der Waals surface area contributed by atoms with E-state index in [0.717, 1.165) is 18.9 Å². The third kappa shape index (κ3) is 3.66. The van der Waals surface area contributed by atoms with Crippen molar-refractivity contribution in [2.75, 3.05) is 6.61 Å². The second-order valence-electron chi connectivity index (χ2n) is 5.34. The fourth-order valence-corrected chi connectivity index (χ4v) is 3.54. The quantitative estimate of drug-likeness (QED) is 0.407. The van der Waals surface area contributed by atoms with E-state index in [1.54, 1.807) is 0 Å². The van der Waals surface area contributed by atoms with Crippen molar-refractivity contribution in [3.63, 3.8) is 0 Å². The lowest BCUT2D eigenvalue weighted by molar-refractivity contribution is -0.141. The van der Waals surface area contributed by atoms with E-state index in [2.05, 4.69) is 26.2 Å². The SMILES string of the molecule is C=C(C[C@H]1CCOC1=O)C[Si](C)(C)C. The summed E-state index contributed by atoms with van der Waals surface area (Å²) in [6.07, 6.45) is 1.71. The highest BCUT2D eigenvalue weighted by molar-refractivity contribution is 6.76. The monoisotopic (exact) mass is 212 g/mol. The highest BCUT2D eigenvalue weighted by atomic mass is 28.3. The van der Waals surface area contributed by atoms with Gasteiger partial charge in [-0.2, -0.15) is 0 Å². The fraction of sp³-hybridized carbons (Fsp3) is 0.727. The molecule has 0 aliphatic carbocycles. The molecule has 0 aromatic rings. The zero-order valence-electron chi connectivity index (χ0n) is 9.43. The summed E-state index contributed by atoms with van der Waals surface area (Å²) in [6, 6.07) is 1.12. The second-order valence-corrected chi connectivity index (χ2v) is 10.8. The summed E-state index contributed by atoms with van der Waals surface area (Å²) in [5.74, 6) is 0.0700. The number of hydrogen-bond acceptors (Lipinski definition) is 2. The van der Waals surface area contributed by atoms with Crippen LogP contribution in [0.1, 0.15) is 12.8 Å². The van der Waals surface area contributed by atoms with Gasteiger partial charge in [0.1, 0.15) is 0 Å². The van der Waals surface area contributed by atoms with Crippen LogP contribution in [0, 0.1) is 5.92 Å². The van der Waals surface area contributed by atoms with Crippen molar-refractivity contribution in [3.8, 4) is 0 Å². The topological polar surface area (TPSA) is 26.3 Å². The Labute approximate surface area is 87.3 Å². The Balaban J connectivity index is 2.37. The predicted molar refractivity (Wildman–Crippen MR) is 61.0 cm³/mol. The van der Waals surface area contributed by atoms with E-state index in [-0.39, 0.29) is 11.9 Å². The molecule has 2 nitrogen and oxygen atoms in total. The Kier molecular flexibility index (Phi) is 3.53. The molecule has 0 N–H and O–H groups in total. The largest absolute Gasteiger partial charge is 0.465 e. The Bertz CT molecular complexity index is 240. The van der Waals surface area contributed by atoms with Crippen LogP contribution in [-0.2, 0) is 9.53 Å². The molecule has 0 saturated carbocycles. The van der Waals surface area contributed by atoms with E-state index in [9.17, 15) is 4.79 Å². The first-order chi connectivity index (χ1) is 6.38. The smallest absolute Gasteiger partial charge is 0.309 e. The Morgan fingerprint density at radius 1 is 1.57 bits per heavy atom. The minimum Gasteiger partial charge on any atom is -0.465 e. The van der Waals surface area contributed by atoms with Gasteiger partial charge in [-0.15, -0.1) is 6.58 Å². The molecule has 0 radical (unpaired) electrons.